The number of carbonyl (C=O) groups excluding carboxylic acids is 1. The van der Waals surface area contributed by atoms with Crippen LogP contribution >= 0.6 is 0 Å². The molecule has 1 amide bonds. The number of ether oxygens (including phenoxy) is 2. The molecule has 3 heterocycles. The average Bonchev–Trinajstić information content (AvgIpc) is 3.27. The highest BCUT2D eigenvalue weighted by Gasteiger charge is 2.46. The predicted octanol–water partition coefficient (Wildman–Crippen LogP) is 3.19. The normalized spacial score (nSPS) is 20.6. The minimum Gasteiger partial charge on any atom is -0.486 e. The predicted molar refractivity (Wildman–Crippen MR) is 114 cm³/mol. The van der Waals surface area contributed by atoms with E-state index < -0.39 is 24.3 Å². The molecule has 3 atom stereocenters. The van der Waals surface area contributed by atoms with Gasteiger partial charge in [0.2, 0.25) is 0 Å². The topological polar surface area (TPSA) is 139 Å². The van der Waals surface area contributed by atoms with Gasteiger partial charge in [0.05, 0.1) is 18.8 Å². The summed E-state index contributed by atoms with van der Waals surface area (Å²) in [6.07, 6.45) is -1.84. The fraction of sp³-hybridized carbons (Fsp3) is 0.409. The molecule has 1 saturated heterocycles. The summed E-state index contributed by atoms with van der Waals surface area (Å²) in [5, 5.41) is 14.2. The van der Waals surface area contributed by atoms with Gasteiger partial charge in [-0.3, -0.25) is 14.8 Å². The molecule has 0 unspecified atom stereocenters. The number of fused-ring (bicyclic) bond motifs is 1. The summed E-state index contributed by atoms with van der Waals surface area (Å²) < 4.78 is 75.5. The summed E-state index contributed by atoms with van der Waals surface area (Å²) in [6, 6.07) is 7.31. The Morgan fingerprint density at radius 2 is 1.50 bits per heavy atom. The van der Waals surface area contributed by atoms with Crippen molar-refractivity contribution in [2.75, 3.05) is 13.2 Å². The lowest BCUT2D eigenvalue weighted by atomic mass is 10.1. The van der Waals surface area contributed by atoms with Crippen molar-refractivity contribution in [3.8, 4) is 5.75 Å². The average molecular weight is 553 g/mol. The van der Waals surface area contributed by atoms with E-state index in [4.69, 9.17) is 29.3 Å². The van der Waals surface area contributed by atoms with Crippen molar-refractivity contribution >= 4 is 17.8 Å². The van der Waals surface area contributed by atoms with Crippen LogP contribution in [-0.2, 0) is 14.3 Å². The van der Waals surface area contributed by atoms with Crippen molar-refractivity contribution in [2.45, 2.75) is 43.4 Å². The first-order valence-electron chi connectivity index (χ1n) is 10.7. The lowest BCUT2D eigenvalue weighted by Crippen LogP contribution is -2.54. The zero-order valence-electron chi connectivity index (χ0n) is 19.2. The Labute approximate surface area is 210 Å². The van der Waals surface area contributed by atoms with Gasteiger partial charge < -0.3 is 24.6 Å². The van der Waals surface area contributed by atoms with Crippen molar-refractivity contribution in [3.63, 3.8) is 0 Å². The number of carbonyl (C=O) groups is 3. The van der Waals surface area contributed by atoms with Gasteiger partial charge in [-0.2, -0.15) is 26.3 Å². The summed E-state index contributed by atoms with van der Waals surface area (Å²) in [5.74, 6) is -4.73. The summed E-state index contributed by atoms with van der Waals surface area (Å²) in [5.41, 5.74) is 0.669. The molecule has 0 spiro atoms. The van der Waals surface area contributed by atoms with Crippen molar-refractivity contribution in [3.05, 3.63) is 54.6 Å². The molecule has 2 fully saturated rings. The highest BCUT2D eigenvalue weighted by atomic mass is 19.4. The molecule has 10 nitrogen and oxygen atoms in total. The largest absolute Gasteiger partial charge is 0.490 e. The van der Waals surface area contributed by atoms with Gasteiger partial charge in [-0.05, 0) is 37.1 Å². The fourth-order valence-electron chi connectivity index (χ4n) is 3.55. The summed E-state index contributed by atoms with van der Waals surface area (Å²) >= 11 is 0. The van der Waals surface area contributed by atoms with Crippen LogP contribution in [0.4, 0.5) is 26.3 Å². The number of hydrogen-bond acceptors (Lipinski definition) is 7. The Kier molecular flexibility index (Phi) is 10.4. The summed E-state index contributed by atoms with van der Waals surface area (Å²) in [6.45, 7) is 1.15. The number of pyridine rings is 2. The molecule has 0 aromatic carbocycles. The minimum absolute atomic E-state index is 0.0396. The van der Waals surface area contributed by atoms with Gasteiger partial charge in [0.1, 0.15) is 18.0 Å². The maximum absolute atomic E-state index is 12.8. The zero-order valence-corrected chi connectivity index (χ0v) is 19.2. The molecule has 1 aliphatic heterocycles. The third-order valence-corrected chi connectivity index (χ3v) is 5.13. The molecule has 2 aromatic rings. The maximum atomic E-state index is 12.8. The molecule has 16 heteroatoms. The third kappa shape index (κ3) is 8.86. The van der Waals surface area contributed by atoms with Crippen molar-refractivity contribution < 1.29 is 60.4 Å². The van der Waals surface area contributed by atoms with E-state index in [1.807, 2.05) is 17.0 Å². The number of rotatable bonds is 3. The Hall–Kier alpha value is -3.95. The van der Waals surface area contributed by atoms with Gasteiger partial charge in [0, 0.05) is 30.7 Å². The summed E-state index contributed by atoms with van der Waals surface area (Å²) in [4.78, 5) is 40.6. The third-order valence-electron chi connectivity index (χ3n) is 5.13. The number of carboxylic acid groups (broad SMARTS) is 2. The number of hydrogen-bond donors (Lipinski definition) is 2. The van der Waals surface area contributed by atoms with Crippen LogP contribution in [0.3, 0.4) is 0 Å². The molecule has 0 bridgehead atoms. The lowest BCUT2D eigenvalue weighted by Gasteiger charge is -2.39. The first-order chi connectivity index (χ1) is 17.7. The van der Waals surface area contributed by atoms with Crippen LogP contribution in [0.2, 0.25) is 0 Å². The second-order valence-corrected chi connectivity index (χ2v) is 7.67. The second kappa shape index (κ2) is 13.0. The number of carboxylic acids is 2. The molecule has 0 radical (unpaired) electrons. The Morgan fingerprint density at radius 3 is 2.00 bits per heavy atom. The van der Waals surface area contributed by atoms with Crippen LogP contribution < -0.4 is 4.74 Å². The van der Waals surface area contributed by atoms with E-state index in [9.17, 15) is 31.1 Å². The first-order valence-corrected chi connectivity index (χ1v) is 10.7. The standard InChI is InChI=1S/C18H19N3O3.2C2HF3O2/c22-18(13-5-8-19-9-6-13)21-10-11-23-17-15(21)3-4-16(17)24-14-2-1-7-20-12-14;2*3-2(4,5)1(6)7/h1-2,5-9,12,15-17H,3-4,10-11H2;2*(H,6,7)/t15-,16+,17+;;/m0../s1. The Balaban J connectivity index is 0.000000301. The first kappa shape index (κ1) is 30.3. The quantitative estimate of drug-likeness (QED) is 0.549. The van der Waals surface area contributed by atoms with Crippen LogP contribution in [0, 0.1) is 0 Å². The van der Waals surface area contributed by atoms with E-state index >= 15 is 0 Å². The van der Waals surface area contributed by atoms with E-state index in [-0.39, 0.29) is 24.2 Å². The van der Waals surface area contributed by atoms with Gasteiger partial charge in [-0.25, -0.2) is 9.59 Å². The molecule has 1 aliphatic carbocycles. The second-order valence-electron chi connectivity index (χ2n) is 7.67. The van der Waals surface area contributed by atoms with E-state index in [1.54, 1.807) is 36.9 Å². The molecule has 208 valence electrons. The minimum atomic E-state index is -5.08. The number of nitrogens with zero attached hydrogens (tertiary/aromatic N) is 3. The molecule has 2 N–H and O–H groups in total. The number of amides is 1. The van der Waals surface area contributed by atoms with E-state index in [0.717, 1.165) is 18.6 Å². The highest BCUT2D eigenvalue weighted by Crippen LogP contribution is 2.33. The van der Waals surface area contributed by atoms with Crippen molar-refractivity contribution in [1.29, 1.82) is 0 Å². The van der Waals surface area contributed by atoms with Gasteiger partial charge in [0.25, 0.3) is 5.91 Å². The SMILES string of the molecule is O=C(O)C(F)(F)F.O=C(O)C(F)(F)F.O=C(c1ccncc1)N1CCO[C@H]2[C@H](Oc3cccnc3)CC[C@@H]21. The molecule has 4 rings (SSSR count). The number of halogens is 6. The van der Waals surface area contributed by atoms with Crippen molar-refractivity contribution in [1.82, 2.24) is 14.9 Å². The zero-order chi connectivity index (χ0) is 28.5. The van der Waals surface area contributed by atoms with Crippen LogP contribution in [-0.4, -0.2) is 86.7 Å². The number of aliphatic carboxylic acids is 2. The van der Waals surface area contributed by atoms with Gasteiger partial charge >= 0.3 is 24.3 Å². The van der Waals surface area contributed by atoms with E-state index in [2.05, 4.69) is 9.97 Å². The number of aromatic nitrogens is 2. The molecular weight excluding hydrogens is 532 g/mol. The fourth-order valence-corrected chi connectivity index (χ4v) is 3.55. The smallest absolute Gasteiger partial charge is 0.486 e. The number of alkyl halides is 6. The molecular formula is C22H21F6N3O7. The van der Waals surface area contributed by atoms with Crippen molar-refractivity contribution in [2.24, 2.45) is 0 Å². The molecule has 2 aromatic heterocycles. The molecule has 2 aliphatic rings. The molecule has 1 saturated carbocycles. The summed E-state index contributed by atoms with van der Waals surface area (Å²) in [7, 11) is 0. The Bertz CT molecular complexity index is 1050. The Morgan fingerprint density at radius 1 is 0.921 bits per heavy atom. The highest BCUT2D eigenvalue weighted by molar-refractivity contribution is 5.94. The van der Waals surface area contributed by atoms with Gasteiger partial charge in [-0.1, -0.05) is 0 Å². The van der Waals surface area contributed by atoms with Crippen LogP contribution in [0.15, 0.2) is 49.1 Å². The van der Waals surface area contributed by atoms with Crippen LogP contribution in [0.25, 0.3) is 0 Å². The van der Waals surface area contributed by atoms with Crippen LogP contribution in [0.5, 0.6) is 5.75 Å². The van der Waals surface area contributed by atoms with Gasteiger partial charge in [-0.15, -0.1) is 0 Å². The molecule has 38 heavy (non-hydrogen) atoms. The maximum Gasteiger partial charge on any atom is 0.490 e. The van der Waals surface area contributed by atoms with Crippen LogP contribution in [0.1, 0.15) is 23.2 Å². The van der Waals surface area contributed by atoms with E-state index in [1.165, 1.54) is 0 Å². The van der Waals surface area contributed by atoms with Gasteiger partial charge in [0.15, 0.2) is 0 Å². The number of morpholine rings is 1. The monoisotopic (exact) mass is 553 g/mol. The lowest BCUT2D eigenvalue weighted by molar-refractivity contribution is -0.193. The van der Waals surface area contributed by atoms with E-state index in [0.29, 0.717) is 18.7 Å².